The first-order valence-electron chi connectivity index (χ1n) is 4.03. The van der Waals surface area contributed by atoms with E-state index in [1.54, 1.807) is 18.8 Å². The van der Waals surface area contributed by atoms with Gasteiger partial charge in [-0.25, -0.2) is 0 Å². The number of halogens is 1. The lowest BCUT2D eigenvalue weighted by molar-refractivity contribution is 0.0954. The number of methoxy groups -OCH3 is 1. The number of rotatable bonds is 5. The number of carbonyl (C=O) groups is 1. The Morgan fingerprint density at radius 2 is 2.64 bits per heavy atom. The third kappa shape index (κ3) is 3.73. The van der Waals surface area contributed by atoms with E-state index in [0.29, 0.717) is 18.0 Å². The lowest BCUT2D eigenvalue weighted by Gasteiger charge is -2.08. The van der Waals surface area contributed by atoms with Crippen LogP contribution in [0.25, 0.3) is 0 Å². The number of thiazole rings is 1. The molecule has 0 aromatic carbocycles. The van der Waals surface area contributed by atoms with Crippen LogP contribution in [-0.4, -0.2) is 36.0 Å². The van der Waals surface area contributed by atoms with Gasteiger partial charge in [-0.15, -0.1) is 11.3 Å². The van der Waals surface area contributed by atoms with Crippen molar-refractivity contribution in [1.82, 2.24) is 10.3 Å². The summed E-state index contributed by atoms with van der Waals surface area (Å²) in [5, 5.41) is 2.77. The predicted molar refractivity (Wildman–Crippen MR) is 59.0 cm³/mol. The third-order valence-electron chi connectivity index (χ3n) is 1.49. The van der Waals surface area contributed by atoms with Gasteiger partial charge in [0.25, 0.3) is 5.91 Å². The number of amides is 1. The molecule has 0 saturated carbocycles. The minimum Gasteiger partial charge on any atom is -0.383 e. The molecule has 78 valence electrons. The number of carbonyl (C=O) groups excluding carboxylic acids is 1. The largest absolute Gasteiger partial charge is 0.383 e. The molecule has 0 aliphatic heterocycles. The first kappa shape index (κ1) is 11.6. The molecule has 14 heavy (non-hydrogen) atoms. The predicted octanol–water partition coefficient (Wildman–Crippen LogP) is 1.28. The lowest BCUT2D eigenvalue weighted by Crippen LogP contribution is -2.30. The Morgan fingerprint density at radius 1 is 1.86 bits per heavy atom. The summed E-state index contributed by atoms with van der Waals surface area (Å²) < 4.78 is 4.92. The molecule has 1 aromatic rings. The zero-order valence-corrected chi connectivity index (χ0v) is 10.1. The van der Waals surface area contributed by atoms with Crippen molar-refractivity contribution in [3.63, 3.8) is 0 Å². The van der Waals surface area contributed by atoms with Crippen molar-refractivity contribution < 1.29 is 9.53 Å². The van der Waals surface area contributed by atoms with Gasteiger partial charge in [-0.05, 0) is 0 Å². The van der Waals surface area contributed by atoms with Gasteiger partial charge in [0.1, 0.15) is 4.88 Å². The molecule has 1 rings (SSSR count). The average molecular weight is 279 g/mol. The van der Waals surface area contributed by atoms with Crippen LogP contribution in [0.15, 0.2) is 11.7 Å². The number of nitrogens with one attached hydrogen (secondary N) is 1. The van der Waals surface area contributed by atoms with E-state index in [1.807, 2.05) is 0 Å². The van der Waals surface area contributed by atoms with Gasteiger partial charge in [-0.2, -0.15) is 0 Å². The summed E-state index contributed by atoms with van der Waals surface area (Å²) in [6.45, 7) is 1.12. The molecule has 0 fully saturated rings. The fraction of sp³-hybridized carbons (Fsp3) is 0.500. The van der Waals surface area contributed by atoms with E-state index in [1.165, 1.54) is 11.3 Å². The van der Waals surface area contributed by atoms with Gasteiger partial charge < -0.3 is 10.1 Å². The molecule has 1 atom stereocenters. The maximum absolute atomic E-state index is 11.4. The molecule has 4 nitrogen and oxygen atoms in total. The summed E-state index contributed by atoms with van der Waals surface area (Å²) in [4.78, 5) is 16.0. The maximum atomic E-state index is 11.4. The molecule has 1 unspecified atom stereocenters. The molecule has 0 radical (unpaired) electrons. The quantitative estimate of drug-likeness (QED) is 0.826. The van der Waals surface area contributed by atoms with Crippen LogP contribution in [0.5, 0.6) is 0 Å². The summed E-state index contributed by atoms with van der Waals surface area (Å²) in [5.41, 5.74) is 1.63. The molecule has 1 heterocycles. The van der Waals surface area contributed by atoms with Crippen LogP contribution in [0.2, 0.25) is 0 Å². The van der Waals surface area contributed by atoms with E-state index in [9.17, 15) is 4.79 Å². The minimum atomic E-state index is -0.0898. The summed E-state index contributed by atoms with van der Waals surface area (Å²) in [6.07, 6.45) is 1.56. The molecule has 6 heteroatoms. The van der Waals surface area contributed by atoms with E-state index in [2.05, 4.69) is 26.2 Å². The second kappa shape index (κ2) is 6.10. The van der Waals surface area contributed by atoms with E-state index in [4.69, 9.17) is 4.74 Å². The molecular weight excluding hydrogens is 268 g/mol. The lowest BCUT2D eigenvalue weighted by atomic mass is 10.4. The van der Waals surface area contributed by atoms with E-state index >= 15 is 0 Å². The number of aromatic nitrogens is 1. The highest BCUT2D eigenvalue weighted by atomic mass is 79.9. The van der Waals surface area contributed by atoms with Gasteiger partial charge in [-0.3, -0.25) is 9.78 Å². The molecule has 0 aliphatic carbocycles. The highest BCUT2D eigenvalue weighted by molar-refractivity contribution is 9.09. The zero-order valence-electron chi connectivity index (χ0n) is 7.70. The van der Waals surface area contributed by atoms with Crippen molar-refractivity contribution in [3.05, 3.63) is 16.6 Å². The summed E-state index contributed by atoms with van der Waals surface area (Å²) >= 11 is 4.70. The Labute approximate surface area is 94.8 Å². The molecular formula is C8H11BrN2O2S. The summed E-state index contributed by atoms with van der Waals surface area (Å²) in [6, 6.07) is 0. The summed E-state index contributed by atoms with van der Waals surface area (Å²) in [5.74, 6) is -0.0898. The van der Waals surface area contributed by atoms with Crippen molar-refractivity contribution in [1.29, 1.82) is 0 Å². The van der Waals surface area contributed by atoms with Crippen molar-refractivity contribution in [3.8, 4) is 0 Å². The fourth-order valence-corrected chi connectivity index (χ4v) is 1.82. The molecule has 0 saturated heterocycles. The van der Waals surface area contributed by atoms with Crippen LogP contribution in [0, 0.1) is 0 Å². The number of hydrogen-bond donors (Lipinski definition) is 1. The van der Waals surface area contributed by atoms with Gasteiger partial charge in [0.05, 0.1) is 23.1 Å². The topological polar surface area (TPSA) is 51.2 Å². The number of alkyl halides is 1. The van der Waals surface area contributed by atoms with Crippen LogP contribution < -0.4 is 5.32 Å². The first-order chi connectivity index (χ1) is 6.74. The highest BCUT2D eigenvalue weighted by Crippen LogP contribution is 2.05. The normalized spacial score (nSPS) is 12.4. The highest BCUT2D eigenvalue weighted by Gasteiger charge is 2.09. The van der Waals surface area contributed by atoms with Gasteiger partial charge in [-0.1, -0.05) is 15.9 Å². The Bertz CT molecular complexity index is 279. The zero-order chi connectivity index (χ0) is 10.4. The molecule has 1 amide bonds. The monoisotopic (exact) mass is 278 g/mol. The Balaban J connectivity index is 2.28. The van der Waals surface area contributed by atoms with E-state index in [-0.39, 0.29) is 10.7 Å². The Kier molecular flexibility index (Phi) is 5.06. The standard InChI is InChI=1S/C8H11BrN2O2S/c1-13-4-6(9)2-11-8(12)7-3-10-5-14-7/h3,5-6H,2,4H2,1H3,(H,11,12). The smallest absolute Gasteiger partial charge is 0.263 e. The second-order valence-electron chi connectivity index (χ2n) is 2.63. The maximum Gasteiger partial charge on any atom is 0.263 e. The molecule has 1 aromatic heterocycles. The van der Waals surface area contributed by atoms with Crippen LogP contribution in [0.1, 0.15) is 9.67 Å². The number of hydrogen-bond acceptors (Lipinski definition) is 4. The summed E-state index contributed by atoms with van der Waals surface area (Å²) in [7, 11) is 1.62. The van der Waals surface area contributed by atoms with E-state index in [0.717, 1.165) is 0 Å². The SMILES string of the molecule is COCC(Br)CNC(=O)c1cncs1. The van der Waals surface area contributed by atoms with Crippen molar-refractivity contribution in [2.75, 3.05) is 20.3 Å². The third-order valence-corrected chi connectivity index (χ3v) is 2.85. The Morgan fingerprint density at radius 3 is 3.21 bits per heavy atom. The van der Waals surface area contributed by atoms with Gasteiger partial charge >= 0.3 is 0 Å². The number of nitrogens with zero attached hydrogens (tertiary/aromatic N) is 1. The van der Waals surface area contributed by atoms with Crippen LogP contribution in [0.3, 0.4) is 0 Å². The Hall–Kier alpha value is -0.460. The van der Waals surface area contributed by atoms with E-state index < -0.39 is 0 Å². The fourth-order valence-electron chi connectivity index (χ4n) is 0.858. The molecule has 0 bridgehead atoms. The van der Waals surface area contributed by atoms with Crippen molar-refractivity contribution >= 4 is 33.2 Å². The van der Waals surface area contributed by atoms with Crippen LogP contribution in [0.4, 0.5) is 0 Å². The van der Waals surface area contributed by atoms with Gasteiger partial charge in [0.2, 0.25) is 0 Å². The molecule has 1 N–H and O–H groups in total. The van der Waals surface area contributed by atoms with Crippen LogP contribution >= 0.6 is 27.3 Å². The average Bonchev–Trinajstić information content (AvgIpc) is 2.67. The number of ether oxygens (including phenoxy) is 1. The van der Waals surface area contributed by atoms with Crippen molar-refractivity contribution in [2.24, 2.45) is 0 Å². The van der Waals surface area contributed by atoms with Crippen LogP contribution in [-0.2, 0) is 4.74 Å². The first-order valence-corrected chi connectivity index (χ1v) is 5.83. The second-order valence-corrected chi connectivity index (χ2v) is 4.81. The van der Waals surface area contributed by atoms with Gasteiger partial charge in [0.15, 0.2) is 0 Å². The molecule has 0 spiro atoms. The molecule has 0 aliphatic rings. The van der Waals surface area contributed by atoms with Gasteiger partial charge in [0, 0.05) is 13.7 Å². The van der Waals surface area contributed by atoms with Crippen molar-refractivity contribution in [2.45, 2.75) is 4.83 Å². The minimum absolute atomic E-state index is 0.0898.